The first-order valence-corrected chi connectivity index (χ1v) is 8.09. The van der Waals surface area contributed by atoms with Gasteiger partial charge in [-0.3, -0.25) is 4.79 Å². The molecule has 2 unspecified atom stereocenters. The second-order valence-corrected chi connectivity index (χ2v) is 6.87. The first-order valence-electron chi connectivity index (χ1n) is 7.28. The highest BCUT2D eigenvalue weighted by Gasteiger charge is 2.31. The van der Waals surface area contributed by atoms with Gasteiger partial charge in [-0.1, -0.05) is 13.0 Å². The van der Waals surface area contributed by atoms with Crippen molar-refractivity contribution in [3.05, 3.63) is 28.9 Å². The van der Waals surface area contributed by atoms with Crippen molar-refractivity contribution in [2.24, 2.45) is 5.92 Å². The predicted octanol–water partition coefficient (Wildman–Crippen LogP) is 3.88. The number of fused-ring (bicyclic) bond motifs is 1. The Morgan fingerprint density at radius 1 is 1.43 bits per heavy atom. The van der Waals surface area contributed by atoms with Crippen LogP contribution in [0.3, 0.4) is 0 Å². The number of anilines is 1. The minimum Gasteiger partial charge on any atom is -0.397 e. The van der Waals surface area contributed by atoms with Gasteiger partial charge >= 0.3 is 0 Å². The van der Waals surface area contributed by atoms with Gasteiger partial charge in [-0.2, -0.15) is 0 Å². The zero-order valence-corrected chi connectivity index (χ0v) is 13.0. The number of likely N-dealkylation sites (tertiary alicyclic amines) is 1. The number of benzene rings is 1. The van der Waals surface area contributed by atoms with Crippen LogP contribution in [0.5, 0.6) is 0 Å². The third-order valence-electron chi connectivity index (χ3n) is 4.53. The van der Waals surface area contributed by atoms with E-state index >= 15 is 0 Å². The average molecular weight is 306 g/mol. The number of hydrogen-bond donors (Lipinski definition) is 1. The van der Waals surface area contributed by atoms with Crippen molar-refractivity contribution >= 4 is 33.0 Å². The molecule has 1 aromatic heterocycles. The van der Waals surface area contributed by atoms with Crippen molar-refractivity contribution in [1.82, 2.24) is 4.90 Å². The van der Waals surface area contributed by atoms with Gasteiger partial charge in [0.1, 0.15) is 10.7 Å². The van der Waals surface area contributed by atoms with Crippen LogP contribution in [0.15, 0.2) is 18.2 Å². The van der Waals surface area contributed by atoms with Gasteiger partial charge in [-0.05, 0) is 37.8 Å². The molecular formula is C16H19FN2OS. The van der Waals surface area contributed by atoms with E-state index in [9.17, 15) is 9.18 Å². The average Bonchev–Trinajstić information content (AvgIpc) is 2.80. The van der Waals surface area contributed by atoms with Crippen molar-refractivity contribution in [2.75, 3.05) is 12.3 Å². The number of carbonyl (C=O) groups excluding carboxylic acids is 1. The van der Waals surface area contributed by atoms with E-state index in [2.05, 4.69) is 13.8 Å². The zero-order valence-electron chi connectivity index (χ0n) is 12.2. The number of nitrogens with zero attached hydrogens (tertiary/aromatic N) is 1. The van der Waals surface area contributed by atoms with Gasteiger partial charge in [0.15, 0.2) is 0 Å². The molecule has 5 heteroatoms. The number of nitrogen functional groups attached to an aromatic ring is 1. The number of thiophene rings is 1. The van der Waals surface area contributed by atoms with Gasteiger partial charge in [-0.25, -0.2) is 4.39 Å². The van der Waals surface area contributed by atoms with Gasteiger partial charge in [0.05, 0.1) is 11.1 Å². The number of nitrogens with two attached hydrogens (primary N) is 1. The molecule has 2 aromatic rings. The molecule has 112 valence electrons. The van der Waals surface area contributed by atoms with Crippen LogP contribution in [-0.4, -0.2) is 23.4 Å². The summed E-state index contributed by atoms with van der Waals surface area (Å²) in [6.07, 6.45) is 2.15. The summed E-state index contributed by atoms with van der Waals surface area (Å²) in [5.41, 5.74) is 6.33. The Kier molecular flexibility index (Phi) is 3.61. The summed E-state index contributed by atoms with van der Waals surface area (Å²) in [6, 6.07) is 5.03. The summed E-state index contributed by atoms with van der Waals surface area (Å²) < 4.78 is 14.6. The summed E-state index contributed by atoms with van der Waals surface area (Å²) in [7, 11) is 0. The highest BCUT2D eigenvalue weighted by atomic mass is 32.1. The van der Waals surface area contributed by atoms with Crippen molar-refractivity contribution in [3.8, 4) is 0 Å². The number of carbonyl (C=O) groups is 1. The molecule has 0 saturated carbocycles. The van der Waals surface area contributed by atoms with E-state index in [0.717, 1.165) is 24.1 Å². The summed E-state index contributed by atoms with van der Waals surface area (Å²) in [4.78, 5) is 15.1. The van der Waals surface area contributed by atoms with Crippen LogP contribution >= 0.6 is 11.3 Å². The third-order valence-corrected chi connectivity index (χ3v) is 5.69. The Morgan fingerprint density at radius 2 is 2.19 bits per heavy atom. The molecule has 0 spiro atoms. The number of hydrogen-bond acceptors (Lipinski definition) is 3. The smallest absolute Gasteiger partial charge is 0.266 e. The Bertz CT molecular complexity index is 697. The van der Waals surface area contributed by atoms with Crippen LogP contribution in [0.2, 0.25) is 0 Å². The second-order valence-electron chi connectivity index (χ2n) is 5.82. The number of halogens is 1. The fourth-order valence-electron chi connectivity index (χ4n) is 3.04. The molecule has 1 aliphatic heterocycles. The van der Waals surface area contributed by atoms with Crippen LogP contribution in [0.1, 0.15) is 36.4 Å². The lowest BCUT2D eigenvalue weighted by atomic mass is 9.92. The maximum Gasteiger partial charge on any atom is 0.266 e. The molecule has 1 aromatic carbocycles. The topological polar surface area (TPSA) is 46.3 Å². The fraction of sp³-hybridized carbons (Fsp3) is 0.438. The molecule has 0 bridgehead atoms. The Hall–Kier alpha value is -1.62. The number of piperidine rings is 1. The lowest BCUT2D eigenvalue weighted by molar-refractivity contribution is 0.0557. The molecule has 1 fully saturated rings. The Labute approximate surface area is 127 Å². The molecule has 2 atom stereocenters. The van der Waals surface area contributed by atoms with Crippen LogP contribution in [0, 0.1) is 11.7 Å². The highest BCUT2D eigenvalue weighted by molar-refractivity contribution is 7.21. The lowest BCUT2D eigenvalue weighted by Crippen LogP contribution is -2.45. The molecule has 21 heavy (non-hydrogen) atoms. The largest absolute Gasteiger partial charge is 0.397 e. The fourth-order valence-corrected chi connectivity index (χ4v) is 4.13. The molecule has 2 heterocycles. The van der Waals surface area contributed by atoms with Crippen molar-refractivity contribution in [1.29, 1.82) is 0 Å². The van der Waals surface area contributed by atoms with E-state index in [0.29, 0.717) is 16.2 Å². The molecule has 1 amide bonds. The second kappa shape index (κ2) is 5.30. The summed E-state index contributed by atoms with van der Waals surface area (Å²) >= 11 is 1.29. The van der Waals surface area contributed by atoms with E-state index in [1.54, 1.807) is 12.1 Å². The number of amides is 1. The lowest BCUT2D eigenvalue weighted by Gasteiger charge is -2.37. The molecular weight excluding hydrogens is 287 g/mol. The van der Waals surface area contributed by atoms with Gasteiger partial charge in [0.2, 0.25) is 0 Å². The van der Waals surface area contributed by atoms with E-state index < -0.39 is 0 Å². The highest BCUT2D eigenvalue weighted by Crippen LogP contribution is 2.37. The zero-order chi connectivity index (χ0) is 15.1. The maximum absolute atomic E-state index is 13.9. The van der Waals surface area contributed by atoms with Gasteiger partial charge in [-0.15, -0.1) is 11.3 Å². The van der Waals surface area contributed by atoms with Crippen LogP contribution in [0.25, 0.3) is 10.1 Å². The Balaban J connectivity index is 2.02. The molecule has 2 N–H and O–H groups in total. The van der Waals surface area contributed by atoms with Crippen molar-refractivity contribution < 1.29 is 9.18 Å². The molecule has 1 saturated heterocycles. The van der Waals surface area contributed by atoms with E-state index in [4.69, 9.17) is 5.73 Å². The molecule has 0 radical (unpaired) electrons. The third kappa shape index (κ3) is 2.29. The normalized spacial score (nSPS) is 22.7. The van der Waals surface area contributed by atoms with Crippen LogP contribution in [-0.2, 0) is 0 Å². The van der Waals surface area contributed by atoms with Gasteiger partial charge < -0.3 is 10.6 Å². The SMILES string of the molecule is CC1CCCN(C(=O)c2sc3cccc(F)c3c2N)C1C. The number of rotatable bonds is 1. The Morgan fingerprint density at radius 3 is 2.90 bits per heavy atom. The molecule has 3 rings (SSSR count). The first kappa shape index (κ1) is 14.3. The molecule has 0 aliphatic carbocycles. The van der Waals surface area contributed by atoms with Gasteiger partial charge in [0.25, 0.3) is 5.91 Å². The molecule has 1 aliphatic rings. The summed E-state index contributed by atoms with van der Waals surface area (Å²) in [6.45, 7) is 4.99. The minimum atomic E-state index is -0.361. The summed E-state index contributed by atoms with van der Waals surface area (Å²) in [5, 5.41) is 0.378. The quantitative estimate of drug-likeness (QED) is 0.869. The predicted molar refractivity (Wildman–Crippen MR) is 85.1 cm³/mol. The van der Waals surface area contributed by atoms with E-state index in [-0.39, 0.29) is 23.5 Å². The first-order chi connectivity index (χ1) is 10.0. The van der Waals surface area contributed by atoms with Crippen LogP contribution < -0.4 is 5.73 Å². The van der Waals surface area contributed by atoms with Crippen molar-refractivity contribution in [2.45, 2.75) is 32.7 Å². The van der Waals surface area contributed by atoms with E-state index in [1.165, 1.54) is 17.4 Å². The monoisotopic (exact) mass is 306 g/mol. The van der Waals surface area contributed by atoms with Gasteiger partial charge in [0, 0.05) is 17.3 Å². The standard InChI is InChI=1S/C16H19FN2OS/c1-9-5-4-8-19(10(9)2)16(20)15-14(18)13-11(17)6-3-7-12(13)21-15/h3,6-7,9-10H,4-5,8,18H2,1-2H3. The minimum absolute atomic E-state index is 0.0628. The van der Waals surface area contributed by atoms with Crippen molar-refractivity contribution in [3.63, 3.8) is 0 Å². The molecule has 3 nitrogen and oxygen atoms in total. The van der Waals surface area contributed by atoms with Crippen LogP contribution in [0.4, 0.5) is 10.1 Å². The maximum atomic E-state index is 13.9. The summed E-state index contributed by atoms with van der Waals surface area (Å²) in [5.74, 6) is 0.0579. The van der Waals surface area contributed by atoms with E-state index in [1.807, 2.05) is 4.90 Å².